The Morgan fingerprint density at radius 3 is 2.76 bits per heavy atom. The normalized spacial score (nSPS) is 16.1. The fourth-order valence-electron chi connectivity index (χ4n) is 4.11. The van der Waals surface area contributed by atoms with Gasteiger partial charge in [-0.25, -0.2) is 14.2 Å². The molecule has 33 heavy (non-hydrogen) atoms. The van der Waals surface area contributed by atoms with Crippen LogP contribution < -0.4 is 14.9 Å². The molecule has 0 saturated carbocycles. The van der Waals surface area contributed by atoms with E-state index in [1.165, 1.54) is 28.0 Å². The molecule has 1 aliphatic rings. The minimum absolute atomic E-state index is 0.191. The average molecular weight is 462 g/mol. The summed E-state index contributed by atoms with van der Waals surface area (Å²) in [6, 6.07) is 12.9. The number of fused-ring (bicyclic) bond motifs is 2. The van der Waals surface area contributed by atoms with Gasteiger partial charge in [0.05, 0.1) is 28.5 Å². The van der Waals surface area contributed by atoms with Crippen LogP contribution in [0.4, 0.5) is 4.39 Å². The highest BCUT2D eigenvalue weighted by molar-refractivity contribution is 7.07. The van der Waals surface area contributed by atoms with E-state index in [1.807, 2.05) is 36.5 Å². The monoisotopic (exact) mass is 461 g/mol. The lowest BCUT2D eigenvalue weighted by atomic mass is 9.96. The number of carbonyl (C=O) groups excluding carboxylic acids is 1. The predicted molar refractivity (Wildman–Crippen MR) is 125 cm³/mol. The van der Waals surface area contributed by atoms with Gasteiger partial charge in [0.2, 0.25) is 0 Å². The summed E-state index contributed by atoms with van der Waals surface area (Å²) >= 11 is 1.26. The zero-order valence-corrected chi connectivity index (χ0v) is 18.8. The van der Waals surface area contributed by atoms with E-state index >= 15 is 0 Å². The number of allylic oxidation sites excluding steroid dienone is 1. The number of esters is 1. The lowest BCUT2D eigenvalue weighted by Gasteiger charge is -2.24. The number of H-pyrrole nitrogens is 1. The molecular weight excluding hydrogens is 441 g/mol. The Kier molecular flexibility index (Phi) is 5.30. The third-order valence-electron chi connectivity index (χ3n) is 5.61. The van der Waals surface area contributed by atoms with Gasteiger partial charge in [-0.2, -0.15) is 0 Å². The highest BCUT2D eigenvalue weighted by Gasteiger charge is 2.33. The molecule has 6 nitrogen and oxygen atoms in total. The summed E-state index contributed by atoms with van der Waals surface area (Å²) < 4.78 is 20.9. The number of rotatable bonds is 4. The van der Waals surface area contributed by atoms with Crippen LogP contribution in [0.15, 0.2) is 75.8 Å². The molecule has 0 unspecified atom stereocenters. The van der Waals surface area contributed by atoms with Crippen LogP contribution in [0.1, 0.15) is 31.0 Å². The maximum atomic E-state index is 13.6. The van der Waals surface area contributed by atoms with Gasteiger partial charge < -0.3 is 9.72 Å². The summed E-state index contributed by atoms with van der Waals surface area (Å²) in [5, 5.41) is 1.00. The van der Waals surface area contributed by atoms with Gasteiger partial charge in [0.15, 0.2) is 4.80 Å². The van der Waals surface area contributed by atoms with Crippen molar-refractivity contribution in [3.63, 3.8) is 0 Å². The molecule has 166 valence electrons. The van der Waals surface area contributed by atoms with Crippen LogP contribution in [-0.2, 0) is 9.53 Å². The number of benzene rings is 2. The summed E-state index contributed by atoms with van der Waals surface area (Å²) in [5.74, 6) is -0.942. The van der Waals surface area contributed by atoms with Gasteiger partial charge in [-0.3, -0.25) is 9.36 Å². The number of aromatic nitrogens is 2. The molecule has 1 atom stereocenters. The molecule has 0 radical (unpaired) electrons. The molecule has 1 N–H and O–H groups in total. The molecule has 8 heteroatoms. The average Bonchev–Trinajstić information content (AvgIpc) is 3.35. The first-order valence-electron chi connectivity index (χ1n) is 10.5. The molecule has 4 aromatic rings. The Hall–Kier alpha value is -3.78. The number of halogens is 1. The standard InChI is InChI=1S/C25H20FN3O3S/c1-3-32-24(31)21-14(2)28-25-29(22(21)15-8-10-17(26)11-9-15)23(30)20(33-25)12-16-13-27-19-7-5-4-6-18(16)19/h4-13,22,27H,3H2,1-2H3/b20-12+/t22-/m1/s1. The van der Waals surface area contributed by atoms with E-state index in [4.69, 9.17) is 4.74 Å². The van der Waals surface area contributed by atoms with Crippen molar-refractivity contribution in [1.29, 1.82) is 0 Å². The molecule has 0 spiro atoms. The van der Waals surface area contributed by atoms with E-state index in [0.717, 1.165) is 16.5 Å². The summed E-state index contributed by atoms with van der Waals surface area (Å²) in [6.07, 6.45) is 3.68. The Morgan fingerprint density at radius 1 is 1.24 bits per heavy atom. The Labute approximate surface area is 192 Å². The van der Waals surface area contributed by atoms with Crippen LogP contribution in [0.2, 0.25) is 0 Å². The number of hydrogen-bond acceptors (Lipinski definition) is 5. The predicted octanol–water partition coefficient (Wildman–Crippen LogP) is 3.42. The van der Waals surface area contributed by atoms with E-state index < -0.39 is 17.8 Å². The molecule has 2 aromatic carbocycles. The van der Waals surface area contributed by atoms with Gasteiger partial charge >= 0.3 is 5.97 Å². The maximum Gasteiger partial charge on any atom is 0.338 e. The number of para-hydroxylation sites is 1. The number of nitrogens with zero attached hydrogens (tertiary/aromatic N) is 2. The third kappa shape index (κ3) is 3.62. The summed E-state index contributed by atoms with van der Waals surface area (Å²) in [4.78, 5) is 34.7. The summed E-state index contributed by atoms with van der Waals surface area (Å²) in [5.41, 5.74) is 2.94. The van der Waals surface area contributed by atoms with Gasteiger partial charge in [-0.05, 0) is 43.7 Å². The van der Waals surface area contributed by atoms with Crippen molar-refractivity contribution in [2.75, 3.05) is 6.61 Å². The number of hydrogen-bond donors (Lipinski definition) is 1. The highest BCUT2D eigenvalue weighted by atomic mass is 32.1. The van der Waals surface area contributed by atoms with Crippen LogP contribution in [0, 0.1) is 5.82 Å². The van der Waals surface area contributed by atoms with Crippen molar-refractivity contribution >= 4 is 34.3 Å². The molecule has 3 heterocycles. The third-order valence-corrected chi connectivity index (χ3v) is 6.59. The second-order valence-corrected chi connectivity index (χ2v) is 8.65. The van der Waals surface area contributed by atoms with Crippen molar-refractivity contribution in [2.24, 2.45) is 4.99 Å². The number of thiazole rings is 1. The minimum Gasteiger partial charge on any atom is -0.463 e. The highest BCUT2D eigenvalue weighted by Crippen LogP contribution is 2.30. The first kappa shape index (κ1) is 21.1. The van der Waals surface area contributed by atoms with Gasteiger partial charge in [0.25, 0.3) is 5.56 Å². The molecule has 2 aromatic heterocycles. The van der Waals surface area contributed by atoms with E-state index in [-0.39, 0.29) is 17.7 Å². The van der Waals surface area contributed by atoms with Crippen LogP contribution in [0.5, 0.6) is 0 Å². The van der Waals surface area contributed by atoms with E-state index in [1.54, 1.807) is 26.0 Å². The fraction of sp³-hybridized carbons (Fsp3) is 0.160. The van der Waals surface area contributed by atoms with Gasteiger partial charge in [0, 0.05) is 22.7 Å². The molecule has 0 bridgehead atoms. The van der Waals surface area contributed by atoms with Crippen LogP contribution in [-0.4, -0.2) is 22.1 Å². The summed E-state index contributed by atoms with van der Waals surface area (Å²) in [7, 11) is 0. The minimum atomic E-state index is -0.758. The number of carbonyl (C=O) groups is 1. The Bertz CT molecular complexity index is 1590. The van der Waals surface area contributed by atoms with Crippen molar-refractivity contribution in [3.8, 4) is 0 Å². The maximum absolute atomic E-state index is 13.6. The Balaban J connectivity index is 1.74. The van der Waals surface area contributed by atoms with E-state index in [9.17, 15) is 14.0 Å². The summed E-state index contributed by atoms with van der Waals surface area (Å²) in [6.45, 7) is 3.63. The van der Waals surface area contributed by atoms with Gasteiger partial charge in [-0.15, -0.1) is 0 Å². The van der Waals surface area contributed by atoms with Gasteiger partial charge in [0.1, 0.15) is 5.82 Å². The quantitative estimate of drug-likeness (QED) is 0.473. The molecule has 5 rings (SSSR count). The SMILES string of the molecule is CCOC(=O)C1=C(C)N=c2s/c(=C/c3c[nH]c4ccccc34)c(=O)n2[C@@H]1c1ccc(F)cc1. The van der Waals surface area contributed by atoms with Crippen LogP contribution in [0.3, 0.4) is 0 Å². The topological polar surface area (TPSA) is 76.4 Å². The first-order valence-corrected chi connectivity index (χ1v) is 11.3. The van der Waals surface area contributed by atoms with E-state index in [2.05, 4.69) is 9.98 Å². The molecule has 0 aliphatic carbocycles. The van der Waals surface area contributed by atoms with Crippen molar-refractivity contribution in [1.82, 2.24) is 9.55 Å². The van der Waals surface area contributed by atoms with Crippen molar-refractivity contribution in [2.45, 2.75) is 19.9 Å². The zero-order chi connectivity index (χ0) is 23.1. The molecule has 1 aliphatic heterocycles. The second-order valence-electron chi connectivity index (χ2n) is 7.64. The zero-order valence-electron chi connectivity index (χ0n) is 18.0. The lowest BCUT2D eigenvalue weighted by Crippen LogP contribution is -2.39. The lowest BCUT2D eigenvalue weighted by molar-refractivity contribution is -0.139. The smallest absolute Gasteiger partial charge is 0.338 e. The second kappa shape index (κ2) is 8.29. The molecule has 0 saturated heterocycles. The largest absolute Gasteiger partial charge is 0.463 e. The first-order chi connectivity index (χ1) is 16.0. The molecule has 0 amide bonds. The fourth-order valence-corrected chi connectivity index (χ4v) is 5.14. The Morgan fingerprint density at radius 2 is 2.00 bits per heavy atom. The number of aromatic amines is 1. The van der Waals surface area contributed by atoms with E-state index in [0.29, 0.717) is 20.6 Å². The van der Waals surface area contributed by atoms with Gasteiger partial charge in [-0.1, -0.05) is 41.7 Å². The number of ether oxygens (including phenoxy) is 1. The van der Waals surface area contributed by atoms with Crippen molar-refractivity contribution in [3.05, 3.63) is 103 Å². The molecule has 0 fully saturated rings. The molecular formula is C25H20FN3O3S. The van der Waals surface area contributed by atoms with Crippen molar-refractivity contribution < 1.29 is 13.9 Å². The van der Waals surface area contributed by atoms with Crippen LogP contribution >= 0.6 is 11.3 Å². The van der Waals surface area contributed by atoms with Crippen LogP contribution in [0.25, 0.3) is 17.0 Å². The number of nitrogens with one attached hydrogen (secondary N) is 1.